The molecular formula is C34H48O18. The number of aliphatic hydroxyl groups excluding tert-OH is 9. The van der Waals surface area contributed by atoms with Gasteiger partial charge in [0.1, 0.15) is 48.8 Å². The van der Waals surface area contributed by atoms with Crippen molar-refractivity contribution < 1.29 is 88.6 Å². The molecule has 3 aliphatic rings. The van der Waals surface area contributed by atoms with E-state index in [1.165, 1.54) is 28.4 Å². The first kappa shape index (κ1) is 40.0. The topological polar surface area (TPSA) is 265 Å². The molecule has 0 bridgehead atoms. The van der Waals surface area contributed by atoms with E-state index in [1.54, 1.807) is 24.3 Å². The van der Waals surface area contributed by atoms with E-state index in [0.29, 0.717) is 12.0 Å². The maximum Gasteiger partial charge on any atom is 0.229 e. The summed E-state index contributed by atoms with van der Waals surface area (Å²) in [6.07, 6.45) is -15.4. The highest BCUT2D eigenvalue weighted by Gasteiger charge is 2.47. The van der Waals surface area contributed by atoms with Gasteiger partial charge in [-0.05, 0) is 47.7 Å². The highest BCUT2D eigenvalue weighted by atomic mass is 16.7. The van der Waals surface area contributed by atoms with Gasteiger partial charge in [-0.2, -0.15) is 0 Å². The van der Waals surface area contributed by atoms with Crippen molar-refractivity contribution in [2.45, 2.75) is 73.9 Å². The quantitative estimate of drug-likeness (QED) is 0.0978. The number of hydrogen-bond donors (Lipinski definition) is 9. The smallest absolute Gasteiger partial charge is 0.229 e. The van der Waals surface area contributed by atoms with Crippen LogP contribution in [-0.4, -0.2) is 162 Å². The Hall–Kier alpha value is -3.24. The summed E-state index contributed by atoms with van der Waals surface area (Å²) >= 11 is 0. The van der Waals surface area contributed by atoms with E-state index >= 15 is 0 Å². The van der Waals surface area contributed by atoms with Crippen molar-refractivity contribution in [1.82, 2.24) is 0 Å². The van der Waals surface area contributed by atoms with Gasteiger partial charge in [-0.3, -0.25) is 0 Å². The minimum atomic E-state index is -1.67. The van der Waals surface area contributed by atoms with Gasteiger partial charge >= 0.3 is 0 Å². The molecule has 0 aliphatic carbocycles. The Morgan fingerprint density at radius 1 is 0.577 bits per heavy atom. The second-order valence-electron chi connectivity index (χ2n) is 12.8. The zero-order valence-corrected chi connectivity index (χ0v) is 29.0. The number of ether oxygens (including phenoxy) is 9. The van der Waals surface area contributed by atoms with Crippen LogP contribution in [0.1, 0.15) is 17.2 Å². The summed E-state index contributed by atoms with van der Waals surface area (Å²) in [6, 6.07) is 6.60. The molecule has 2 aromatic rings. The van der Waals surface area contributed by atoms with E-state index in [2.05, 4.69) is 0 Å². The van der Waals surface area contributed by atoms with Crippen molar-refractivity contribution in [3.63, 3.8) is 0 Å². The molecule has 0 spiro atoms. The Bertz CT molecular complexity index is 1420. The lowest BCUT2D eigenvalue weighted by molar-refractivity contribution is -0.277. The van der Waals surface area contributed by atoms with Crippen LogP contribution in [0.4, 0.5) is 0 Å². The third-order valence-electron chi connectivity index (χ3n) is 9.69. The molecule has 0 amide bonds. The summed E-state index contributed by atoms with van der Waals surface area (Å²) in [4.78, 5) is 0. The van der Waals surface area contributed by atoms with Crippen LogP contribution in [0.3, 0.4) is 0 Å². The number of methoxy groups -OCH3 is 4. The molecule has 3 heterocycles. The highest BCUT2D eigenvalue weighted by Crippen LogP contribution is 2.48. The number of aliphatic hydroxyl groups is 9. The summed E-state index contributed by atoms with van der Waals surface area (Å²) in [5.74, 6) is 0.121. The average Bonchev–Trinajstić information content (AvgIpc) is 3.57. The molecule has 18 heteroatoms. The summed E-state index contributed by atoms with van der Waals surface area (Å²) in [7, 11) is 5.56. The molecular weight excluding hydrogens is 696 g/mol. The lowest BCUT2D eigenvalue weighted by Gasteiger charge is -2.39. The van der Waals surface area contributed by atoms with Crippen molar-refractivity contribution in [3.05, 3.63) is 35.4 Å². The van der Waals surface area contributed by atoms with Gasteiger partial charge in [0, 0.05) is 12.5 Å². The van der Waals surface area contributed by atoms with E-state index < -0.39 is 86.6 Å². The monoisotopic (exact) mass is 744 g/mol. The summed E-state index contributed by atoms with van der Waals surface area (Å²) < 4.78 is 51.3. The van der Waals surface area contributed by atoms with E-state index in [0.717, 1.165) is 5.56 Å². The summed E-state index contributed by atoms with van der Waals surface area (Å²) in [5, 5.41) is 91.5. The van der Waals surface area contributed by atoms with Gasteiger partial charge in [0.15, 0.2) is 23.0 Å². The van der Waals surface area contributed by atoms with Crippen LogP contribution in [0.15, 0.2) is 24.3 Å². The highest BCUT2D eigenvalue weighted by molar-refractivity contribution is 5.55. The number of hydrogen-bond acceptors (Lipinski definition) is 18. The van der Waals surface area contributed by atoms with Crippen LogP contribution >= 0.6 is 0 Å². The first-order valence-electron chi connectivity index (χ1n) is 16.6. The van der Waals surface area contributed by atoms with Crippen LogP contribution in [0.2, 0.25) is 0 Å². The third-order valence-corrected chi connectivity index (χ3v) is 9.69. The van der Waals surface area contributed by atoms with E-state index in [1.807, 2.05) is 0 Å². The molecule has 3 aliphatic heterocycles. The van der Waals surface area contributed by atoms with Crippen molar-refractivity contribution >= 4 is 0 Å². The molecule has 2 aromatic carbocycles. The standard InChI is InChI=1S/C34H48O18/c1-44-18-6-14(7-19(45-2)31(18)51-33-28(42)26(40)24(38)22(11-36)49-33)5-16-13-48-30(17(16)10-35)15-8-20(46-3)32(21(9-15)47-4)52-34-29(43)27(41)25(39)23(12-37)50-34/h6-9,16-17,22-30,33-43H,5,10-13H2,1-4H3. The molecule has 18 nitrogen and oxygen atoms in total. The molecule has 52 heavy (non-hydrogen) atoms. The zero-order valence-electron chi connectivity index (χ0n) is 29.0. The molecule has 0 saturated carbocycles. The first-order chi connectivity index (χ1) is 24.9. The van der Waals surface area contributed by atoms with Crippen molar-refractivity contribution in [2.75, 3.05) is 54.9 Å². The average molecular weight is 745 g/mol. The van der Waals surface area contributed by atoms with E-state index in [4.69, 9.17) is 42.6 Å². The largest absolute Gasteiger partial charge is 0.493 e. The summed E-state index contributed by atoms with van der Waals surface area (Å²) in [5.41, 5.74) is 1.30. The number of benzene rings is 2. The molecule has 3 saturated heterocycles. The van der Waals surface area contributed by atoms with Gasteiger partial charge in [-0.15, -0.1) is 0 Å². The van der Waals surface area contributed by atoms with Gasteiger partial charge < -0.3 is 88.6 Å². The SMILES string of the molecule is COc1cc(CC2COC(c3cc(OC)c(OC4OC(CO)C(O)C(O)C4O)c(OC)c3)C2CO)cc(OC)c1OC1OC(CO)C(O)C(O)C1O. The Morgan fingerprint density at radius 2 is 1.00 bits per heavy atom. The van der Waals surface area contributed by atoms with Crippen LogP contribution in [0.5, 0.6) is 34.5 Å². The fourth-order valence-corrected chi connectivity index (χ4v) is 6.73. The van der Waals surface area contributed by atoms with E-state index in [-0.39, 0.29) is 53.6 Å². The molecule has 0 aromatic heterocycles. The molecule has 5 rings (SSSR count). The van der Waals surface area contributed by atoms with Gasteiger partial charge in [-0.1, -0.05) is 0 Å². The van der Waals surface area contributed by atoms with Crippen LogP contribution in [0.25, 0.3) is 0 Å². The zero-order chi connectivity index (χ0) is 37.9. The Labute approximate surface area is 299 Å². The third kappa shape index (κ3) is 7.84. The van der Waals surface area contributed by atoms with Crippen LogP contribution < -0.4 is 28.4 Å². The fraction of sp³-hybridized carbons (Fsp3) is 0.647. The second kappa shape index (κ2) is 17.3. The van der Waals surface area contributed by atoms with Crippen LogP contribution in [0, 0.1) is 11.8 Å². The lowest BCUT2D eigenvalue weighted by Crippen LogP contribution is -2.60. The van der Waals surface area contributed by atoms with Crippen LogP contribution in [-0.2, 0) is 20.6 Å². The Balaban J connectivity index is 1.36. The molecule has 13 unspecified atom stereocenters. The minimum Gasteiger partial charge on any atom is -0.493 e. The van der Waals surface area contributed by atoms with Gasteiger partial charge in [0.25, 0.3) is 0 Å². The molecule has 292 valence electrons. The lowest BCUT2D eigenvalue weighted by atomic mass is 9.84. The second-order valence-corrected chi connectivity index (χ2v) is 12.8. The molecule has 13 atom stereocenters. The number of rotatable bonds is 14. The van der Waals surface area contributed by atoms with Gasteiger partial charge in [0.2, 0.25) is 24.1 Å². The molecule has 0 radical (unpaired) electrons. The Kier molecular flexibility index (Phi) is 13.3. The maximum absolute atomic E-state index is 10.6. The molecule has 9 N–H and O–H groups in total. The van der Waals surface area contributed by atoms with E-state index in [9.17, 15) is 46.0 Å². The normalized spacial score (nSPS) is 34.8. The van der Waals surface area contributed by atoms with Crippen molar-refractivity contribution in [2.24, 2.45) is 11.8 Å². The minimum absolute atomic E-state index is 0.0124. The molecule has 3 fully saturated rings. The fourth-order valence-electron chi connectivity index (χ4n) is 6.73. The predicted molar refractivity (Wildman–Crippen MR) is 174 cm³/mol. The van der Waals surface area contributed by atoms with Gasteiger partial charge in [0.05, 0.1) is 54.4 Å². The van der Waals surface area contributed by atoms with Crippen molar-refractivity contribution in [3.8, 4) is 34.5 Å². The van der Waals surface area contributed by atoms with Gasteiger partial charge in [-0.25, -0.2) is 0 Å². The van der Waals surface area contributed by atoms with Crippen molar-refractivity contribution in [1.29, 1.82) is 0 Å². The maximum atomic E-state index is 10.6. The summed E-state index contributed by atoms with van der Waals surface area (Å²) in [6.45, 7) is -1.28. The Morgan fingerprint density at radius 3 is 1.38 bits per heavy atom. The predicted octanol–water partition coefficient (Wildman–Crippen LogP) is -2.38. The first-order valence-corrected chi connectivity index (χ1v) is 16.6.